The molecule has 0 N–H and O–H groups in total. The van der Waals surface area contributed by atoms with Crippen molar-refractivity contribution < 1.29 is 25.9 Å². The number of para-hydroxylation sites is 1. The van der Waals surface area contributed by atoms with Crippen LogP contribution in [0.3, 0.4) is 0 Å². The van der Waals surface area contributed by atoms with Crippen LogP contribution in [-0.4, -0.2) is 53.5 Å². The molecule has 0 unspecified atom stereocenters. The summed E-state index contributed by atoms with van der Waals surface area (Å²) >= 11 is 0. The van der Waals surface area contributed by atoms with Crippen molar-refractivity contribution in [3.63, 3.8) is 0 Å². The summed E-state index contributed by atoms with van der Waals surface area (Å²) in [6.07, 6.45) is 7.03. The average molecular weight is 560 g/mol. The normalized spacial score (nSPS) is 14.8. The molecule has 4 rings (SSSR count). The Morgan fingerprint density at radius 2 is 1.76 bits per heavy atom. The van der Waals surface area contributed by atoms with Crippen LogP contribution in [0.5, 0.6) is 0 Å². The predicted molar refractivity (Wildman–Crippen MR) is 117 cm³/mol. The summed E-state index contributed by atoms with van der Waals surface area (Å²) in [5.74, 6) is 0.111. The van der Waals surface area contributed by atoms with Crippen molar-refractivity contribution in [3.05, 3.63) is 54.4 Å². The molecule has 154 valence electrons. The number of benzene rings is 2. The van der Waals surface area contributed by atoms with Crippen molar-refractivity contribution in [2.75, 3.05) is 33.2 Å². The maximum atomic E-state index is 12.9. The van der Waals surface area contributed by atoms with Crippen molar-refractivity contribution in [2.24, 2.45) is 7.05 Å². The van der Waals surface area contributed by atoms with E-state index in [0.717, 1.165) is 37.0 Å². The number of carbonyl (C=O) groups excluding carboxylic acids is 1. The molecule has 0 bridgehead atoms. The minimum atomic E-state index is 0. The maximum Gasteiger partial charge on any atom is 0.253 e. The summed E-state index contributed by atoms with van der Waals surface area (Å²) in [5.41, 5.74) is 3.08. The Labute approximate surface area is 188 Å². The molecule has 1 aromatic heterocycles. The monoisotopic (exact) mass is 560 g/mol. The SMILES string of the molecule is CN(CCCCN1CC[CH-]CC1)C(=O)c1ccc2c3ccccc3n(C)c2c1.[W]. The Morgan fingerprint density at radius 3 is 2.55 bits per heavy atom. The maximum absolute atomic E-state index is 12.9. The molecule has 1 fully saturated rings. The minimum Gasteiger partial charge on any atom is -0.344 e. The molecular weight excluding hydrogens is 530 g/mol. The number of rotatable bonds is 6. The zero-order chi connectivity index (χ0) is 19.5. The van der Waals surface area contributed by atoms with Gasteiger partial charge in [-0.15, -0.1) is 0 Å². The number of nitrogens with zero attached hydrogens (tertiary/aromatic N) is 3. The van der Waals surface area contributed by atoms with E-state index in [4.69, 9.17) is 0 Å². The van der Waals surface area contributed by atoms with E-state index in [2.05, 4.69) is 53.3 Å². The van der Waals surface area contributed by atoms with Gasteiger partial charge in [0.1, 0.15) is 0 Å². The second-order valence-corrected chi connectivity index (χ2v) is 7.95. The number of carbonyl (C=O) groups is 1. The van der Waals surface area contributed by atoms with Crippen molar-refractivity contribution in [1.82, 2.24) is 14.4 Å². The topological polar surface area (TPSA) is 28.5 Å². The van der Waals surface area contributed by atoms with Gasteiger partial charge < -0.3 is 20.8 Å². The van der Waals surface area contributed by atoms with E-state index in [0.29, 0.717) is 0 Å². The van der Waals surface area contributed by atoms with Gasteiger partial charge in [-0.3, -0.25) is 4.79 Å². The third-order valence-corrected chi connectivity index (χ3v) is 6.03. The van der Waals surface area contributed by atoms with Gasteiger partial charge in [-0.05, 0) is 50.7 Å². The van der Waals surface area contributed by atoms with Crippen LogP contribution in [0.25, 0.3) is 21.8 Å². The zero-order valence-corrected chi connectivity index (χ0v) is 20.4. The molecule has 0 radical (unpaired) electrons. The molecule has 0 aliphatic carbocycles. The summed E-state index contributed by atoms with van der Waals surface area (Å²) in [6.45, 7) is 4.35. The standard InChI is InChI=1S/C24H30N3O.W/c1-25(14-8-9-17-27-15-6-3-7-16-27)24(28)19-12-13-21-20-10-4-5-11-22(20)26(2)23(21)18-19;/h3-5,10-13,18H,6-9,14-17H2,1-2H3;/q-1;. The number of unbranched alkanes of at least 4 members (excludes halogenated alkanes) is 1. The molecule has 0 atom stereocenters. The fourth-order valence-electron chi connectivity index (χ4n) is 4.33. The summed E-state index contributed by atoms with van der Waals surface area (Å²) in [4.78, 5) is 17.3. The molecule has 1 amide bonds. The number of aromatic nitrogens is 1. The number of fused-ring (bicyclic) bond motifs is 3. The number of aryl methyl sites for hydroxylation is 1. The van der Waals surface area contributed by atoms with Gasteiger partial charge in [-0.2, -0.15) is 12.8 Å². The molecule has 5 heteroatoms. The van der Waals surface area contributed by atoms with E-state index in [-0.39, 0.29) is 27.0 Å². The zero-order valence-electron chi connectivity index (χ0n) is 17.4. The molecule has 2 aromatic carbocycles. The van der Waals surface area contributed by atoms with E-state index in [1.165, 1.54) is 42.2 Å². The molecule has 2 heterocycles. The van der Waals surface area contributed by atoms with Gasteiger partial charge in [0, 0.05) is 69.1 Å². The molecule has 1 aliphatic rings. The van der Waals surface area contributed by atoms with Gasteiger partial charge in [0.05, 0.1) is 0 Å². The van der Waals surface area contributed by atoms with Crippen LogP contribution in [-0.2, 0) is 28.1 Å². The Bertz CT molecular complexity index is 975. The van der Waals surface area contributed by atoms with Crippen LogP contribution in [0, 0.1) is 6.42 Å². The van der Waals surface area contributed by atoms with Crippen LogP contribution in [0.4, 0.5) is 0 Å². The van der Waals surface area contributed by atoms with E-state index < -0.39 is 0 Å². The Morgan fingerprint density at radius 1 is 1.03 bits per heavy atom. The number of likely N-dealkylation sites (tertiary alicyclic amines) is 1. The average Bonchev–Trinajstić information content (AvgIpc) is 3.03. The quantitative estimate of drug-likeness (QED) is 0.329. The van der Waals surface area contributed by atoms with Crippen LogP contribution in [0.2, 0.25) is 0 Å². The smallest absolute Gasteiger partial charge is 0.253 e. The van der Waals surface area contributed by atoms with Gasteiger partial charge in [-0.25, -0.2) is 0 Å². The van der Waals surface area contributed by atoms with E-state index in [1.807, 2.05) is 24.1 Å². The largest absolute Gasteiger partial charge is 0.344 e. The molecule has 0 spiro atoms. The first-order valence-electron chi connectivity index (χ1n) is 10.4. The number of amides is 1. The molecule has 3 aromatic rings. The van der Waals surface area contributed by atoms with Crippen LogP contribution in [0.1, 0.15) is 36.0 Å². The minimum absolute atomic E-state index is 0. The fraction of sp³-hybridized carbons (Fsp3) is 0.417. The van der Waals surface area contributed by atoms with E-state index >= 15 is 0 Å². The molecular formula is C24H30N3OW-. The first-order chi connectivity index (χ1) is 13.6. The molecule has 0 saturated carbocycles. The summed E-state index contributed by atoms with van der Waals surface area (Å²) in [5, 5.41) is 2.44. The first-order valence-corrected chi connectivity index (χ1v) is 10.4. The predicted octanol–water partition coefficient (Wildman–Crippen LogP) is 4.48. The van der Waals surface area contributed by atoms with Crippen LogP contribution in [0.15, 0.2) is 42.5 Å². The van der Waals surface area contributed by atoms with E-state index in [1.54, 1.807) is 0 Å². The third-order valence-electron chi connectivity index (χ3n) is 6.03. The van der Waals surface area contributed by atoms with Crippen LogP contribution >= 0.6 is 0 Å². The number of piperidine rings is 1. The van der Waals surface area contributed by atoms with Crippen molar-refractivity contribution in [1.29, 1.82) is 0 Å². The van der Waals surface area contributed by atoms with E-state index in [9.17, 15) is 4.79 Å². The van der Waals surface area contributed by atoms with Gasteiger partial charge in [0.25, 0.3) is 5.91 Å². The molecule has 1 saturated heterocycles. The Kier molecular flexibility index (Phi) is 7.54. The summed E-state index contributed by atoms with van der Waals surface area (Å²) in [7, 11) is 3.99. The molecule has 1 aliphatic heterocycles. The third kappa shape index (κ3) is 4.75. The number of hydrogen-bond acceptors (Lipinski definition) is 2. The van der Waals surface area contributed by atoms with Crippen LogP contribution < -0.4 is 0 Å². The first kappa shape index (κ1) is 22.1. The Hall–Kier alpha value is -1.64. The second-order valence-electron chi connectivity index (χ2n) is 7.95. The molecule has 4 nitrogen and oxygen atoms in total. The summed E-state index contributed by atoms with van der Waals surface area (Å²) in [6, 6.07) is 14.5. The number of hydrogen-bond donors (Lipinski definition) is 0. The Balaban J connectivity index is 0.00000240. The summed E-state index contributed by atoms with van der Waals surface area (Å²) < 4.78 is 2.18. The fourth-order valence-corrected chi connectivity index (χ4v) is 4.33. The van der Waals surface area contributed by atoms with Crippen molar-refractivity contribution in [2.45, 2.75) is 25.7 Å². The van der Waals surface area contributed by atoms with Crippen molar-refractivity contribution in [3.8, 4) is 0 Å². The molecule has 29 heavy (non-hydrogen) atoms. The second kappa shape index (κ2) is 9.91. The van der Waals surface area contributed by atoms with Gasteiger partial charge in [0.2, 0.25) is 0 Å². The van der Waals surface area contributed by atoms with Gasteiger partial charge in [-0.1, -0.05) is 24.3 Å². The van der Waals surface area contributed by atoms with Gasteiger partial charge >= 0.3 is 0 Å². The van der Waals surface area contributed by atoms with Gasteiger partial charge in [0.15, 0.2) is 0 Å². The van der Waals surface area contributed by atoms with Crippen molar-refractivity contribution >= 4 is 27.7 Å².